The third-order valence-corrected chi connectivity index (χ3v) is 4.81. The molecule has 1 N–H and O–H groups in total. The van der Waals surface area contributed by atoms with Gasteiger partial charge in [-0.2, -0.15) is 0 Å². The molecular formula is C12H24N2O2S. The number of sulfone groups is 1. The van der Waals surface area contributed by atoms with Crippen molar-refractivity contribution in [1.29, 1.82) is 0 Å². The molecule has 1 aliphatic carbocycles. The maximum Gasteiger partial charge on any atom is 0.147 e. The van der Waals surface area contributed by atoms with Gasteiger partial charge in [-0.15, -0.1) is 0 Å². The summed E-state index contributed by atoms with van der Waals surface area (Å²) < 4.78 is 22.3. The van der Waals surface area contributed by atoms with Crippen molar-refractivity contribution in [3.8, 4) is 0 Å². The molecule has 17 heavy (non-hydrogen) atoms. The molecule has 0 radical (unpaired) electrons. The Morgan fingerprint density at radius 3 is 2.65 bits per heavy atom. The van der Waals surface area contributed by atoms with E-state index in [1.54, 1.807) is 0 Å². The van der Waals surface area contributed by atoms with Crippen molar-refractivity contribution in [2.24, 2.45) is 5.92 Å². The Balaban J connectivity index is 1.82. The van der Waals surface area contributed by atoms with Gasteiger partial charge in [0.2, 0.25) is 0 Å². The molecule has 2 aliphatic rings. The van der Waals surface area contributed by atoms with Gasteiger partial charge < -0.3 is 5.32 Å². The molecule has 100 valence electrons. The minimum absolute atomic E-state index is 0.322. The van der Waals surface area contributed by atoms with Crippen molar-refractivity contribution < 1.29 is 8.42 Å². The van der Waals surface area contributed by atoms with E-state index in [1.807, 2.05) is 0 Å². The zero-order chi connectivity index (χ0) is 12.5. The van der Waals surface area contributed by atoms with Gasteiger partial charge in [0.1, 0.15) is 9.84 Å². The first-order chi connectivity index (χ1) is 7.96. The van der Waals surface area contributed by atoms with Crippen LogP contribution in [-0.2, 0) is 9.84 Å². The third-order valence-electron chi connectivity index (χ3n) is 3.78. The second kappa shape index (κ2) is 5.24. The van der Waals surface area contributed by atoms with Crippen molar-refractivity contribution in [1.82, 2.24) is 10.2 Å². The van der Waals surface area contributed by atoms with E-state index in [9.17, 15) is 8.42 Å². The van der Waals surface area contributed by atoms with E-state index in [2.05, 4.69) is 17.1 Å². The number of piperazine rings is 1. The van der Waals surface area contributed by atoms with Gasteiger partial charge >= 0.3 is 0 Å². The number of nitrogens with zero attached hydrogens (tertiary/aromatic N) is 1. The fraction of sp³-hybridized carbons (Fsp3) is 1.00. The first kappa shape index (κ1) is 13.3. The molecule has 0 aromatic heterocycles. The molecule has 1 heterocycles. The molecule has 2 atom stereocenters. The molecular weight excluding hydrogens is 236 g/mol. The van der Waals surface area contributed by atoms with Gasteiger partial charge in [0, 0.05) is 31.4 Å². The molecule has 2 unspecified atom stereocenters. The van der Waals surface area contributed by atoms with Gasteiger partial charge in [0.15, 0.2) is 0 Å². The summed E-state index contributed by atoms with van der Waals surface area (Å²) in [5, 5.41) is 3.53. The molecule has 1 saturated heterocycles. The lowest BCUT2D eigenvalue weighted by atomic mass is 10.1. The standard InChI is InChI=1S/C12H24N2O2S/c1-10-9-14(6-3-7-17(2,15)16)12(8-13-10)11-4-5-11/h10-13H,3-9H2,1-2H3. The molecule has 5 heteroatoms. The van der Waals surface area contributed by atoms with Crippen molar-refractivity contribution in [2.45, 2.75) is 38.3 Å². The van der Waals surface area contributed by atoms with Crippen LogP contribution in [0.4, 0.5) is 0 Å². The Labute approximate surface area is 105 Å². The molecule has 2 fully saturated rings. The molecule has 0 aromatic carbocycles. The molecule has 2 rings (SSSR count). The largest absolute Gasteiger partial charge is 0.311 e. The van der Waals surface area contributed by atoms with Gasteiger partial charge in [-0.25, -0.2) is 8.42 Å². The Bertz CT molecular complexity index is 352. The average Bonchev–Trinajstić information content (AvgIpc) is 2.99. The van der Waals surface area contributed by atoms with Crippen LogP contribution in [0.2, 0.25) is 0 Å². The lowest BCUT2D eigenvalue weighted by molar-refractivity contribution is 0.120. The fourth-order valence-electron chi connectivity index (χ4n) is 2.74. The molecule has 0 bridgehead atoms. The maximum atomic E-state index is 11.1. The number of hydrogen-bond acceptors (Lipinski definition) is 4. The van der Waals surface area contributed by atoms with Crippen LogP contribution in [0.5, 0.6) is 0 Å². The first-order valence-electron chi connectivity index (χ1n) is 6.61. The lowest BCUT2D eigenvalue weighted by Gasteiger charge is -2.39. The summed E-state index contributed by atoms with van der Waals surface area (Å²) in [6.07, 6.45) is 4.80. The smallest absolute Gasteiger partial charge is 0.147 e. The van der Waals surface area contributed by atoms with Crippen LogP contribution in [0, 0.1) is 5.92 Å². The lowest BCUT2D eigenvalue weighted by Crippen LogP contribution is -2.56. The maximum absolute atomic E-state index is 11.1. The highest BCUT2D eigenvalue weighted by molar-refractivity contribution is 7.90. The number of hydrogen-bond donors (Lipinski definition) is 1. The normalized spacial score (nSPS) is 31.6. The van der Waals surface area contributed by atoms with Crippen LogP contribution >= 0.6 is 0 Å². The minimum Gasteiger partial charge on any atom is -0.311 e. The van der Waals surface area contributed by atoms with Crippen LogP contribution < -0.4 is 5.32 Å². The minimum atomic E-state index is -2.80. The van der Waals surface area contributed by atoms with E-state index in [0.29, 0.717) is 17.8 Å². The summed E-state index contributed by atoms with van der Waals surface area (Å²) in [5.74, 6) is 1.18. The van der Waals surface area contributed by atoms with E-state index in [1.165, 1.54) is 19.1 Å². The van der Waals surface area contributed by atoms with Crippen LogP contribution in [0.1, 0.15) is 26.2 Å². The van der Waals surface area contributed by atoms with Crippen molar-refractivity contribution in [2.75, 3.05) is 31.6 Å². The van der Waals surface area contributed by atoms with Crippen molar-refractivity contribution >= 4 is 9.84 Å². The number of nitrogens with one attached hydrogen (secondary N) is 1. The Morgan fingerprint density at radius 1 is 1.35 bits per heavy atom. The monoisotopic (exact) mass is 260 g/mol. The fourth-order valence-corrected chi connectivity index (χ4v) is 3.39. The van der Waals surface area contributed by atoms with Crippen LogP contribution in [0.3, 0.4) is 0 Å². The molecule has 0 aromatic rings. The van der Waals surface area contributed by atoms with Gasteiger partial charge in [-0.05, 0) is 38.6 Å². The topological polar surface area (TPSA) is 49.4 Å². The highest BCUT2D eigenvalue weighted by Crippen LogP contribution is 2.36. The summed E-state index contributed by atoms with van der Waals surface area (Å²) in [5.41, 5.74) is 0. The van der Waals surface area contributed by atoms with Crippen molar-refractivity contribution in [3.05, 3.63) is 0 Å². The molecule has 0 spiro atoms. The summed E-state index contributed by atoms with van der Waals surface area (Å²) in [6, 6.07) is 1.17. The van der Waals surface area contributed by atoms with Gasteiger partial charge in [0.05, 0.1) is 5.75 Å². The van der Waals surface area contributed by atoms with Crippen LogP contribution in [-0.4, -0.2) is 57.0 Å². The van der Waals surface area contributed by atoms with Crippen LogP contribution in [0.15, 0.2) is 0 Å². The van der Waals surface area contributed by atoms with Crippen molar-refractivity contribution in [3.63, 3.8) is 0 Å². The van der Waals surface area contributed by atoms with E-state index in [-0.39, 0.29) is 0 Å². The highest BCUT2D eigenvalue weighted by Gasteiger charge is 2.37. The number of rotatable bonds is 5. The molecule has 1 saturated carbocycles. The molecule has 4 nitrogen and oxygen atoms in total. The van der Waals surface area contributed by atoms with Gasteiger partial charge in [-0.1, -0.05) is 0 Å². The van der Waals surface area contributed by atoms with E-state index in [0.717, 1.165) is 32.0 Å². The second-order valence-electron chi connectivity index (χ2n) is 5.69. The highest BCUT2D eigenvalue weighted by atomic mass is 32.2. The SMILES string of the molecule is CC1CN(CCCS(C)(=O)=O)C(C2CC2)CN1. The predicted molar refractivity (Wildman–Crippen MR) is 69.9 cm³/mol. The van der Waals surface area contributed by atoms with E-state index in [4.69, 9.17) is 0 Å². The average molecular weight is 260 g/mol. The summed E-state index contributed by atoms with van der Waals surface area (Å²) in [4.78, 5) is 2.50. The summed E-state index contributed by atoms with van der Waals surface area (Å²) in [6.45, 7) is 5.27. The van der Waals surface area contributed by atoms with E-state index < -0.39 is 9.84 Å². The Kier molecular flexibility index (Phi) is 4.10. The van der Waals surface area contributed by atoms with Gasteiger partial charge in [-0.3, -0.25) is 4.90 Å². The predicted octanol–water partition coefficient (Wildman–Crippen LogP) is 0.493. The Morgan fingerprint density at radius 2 is 2.06 bits per heavy atom. The first-order valence-corrected chi connectivity index (χ1v) is 8.67. The summed E-state index contributed by atoms with van der Waals surface area (Å²) in [7, 11) is -2.80. The Hall–Kier alpha value is -0.130. The van der Waals surface area contributed by atoms with Crippen LogP contribution in [0.25, 0.3) is 0 Å². The zero-order valence-electron chi connectivity index (χ0n) is 10.9. The summed E-state index contributed by atoms with van der Waals surface area (Å²) >= 11 is 0. The quantitative estimate of drug-likeness (QED) is 0.782. The van der Waals surface area contributed by atoms with E-state index >= 15 is 0 Å². The van der Waals surface area contributed by atoms with Gasteiger partial charge in [0.25, 0.3) is 0 Å². The molecule has 0 amide bonds. The third kappa shape index (κ3) is 4.23. The zero-order valence-corrected chi connectivity index (χ0v) is 11.7. The second-order valence-corrected chi connectivity index (χ2v) is 7.95. The molecule has 1 aliphatic heterocycles.